The molecule has 0 atom stereocenters. The highest BCUT2D eigenvalue weighted by Crippen LogP contribution is 2.26. The van der Waals surface area contributed by atoms with Crippen LogP contribution in [0.3, 0.4) is 0 Å². The highest BCUT2D eigenvalue weighted by atomic mass is 28.4. The van der Waals surface area contributed by atoms with Gasteiger partial charge in [0.2, 0.25) is 0 Å². The van der Waals surface area contributed by atoms with Gasteiger partial charge in [0.05, 0.1) is 0 Å². The number of anilines is 1. The van der Waals surface area contributed by atoms with E-state index >= 15 is 8.22 Å². The molecule has 0 unspecified atom stereocenters. The Balaban J connectivity index is 2.31. The molecule has 0 aliphatic carbocycles. The van der Waals surface area contributed by atoms with Crippen LogP contribution in [0.2, 0.25) is 0 Å². The van der Waals surface area contributed by atoms with E-state index in [0.29, 0.717) is 5.39 Å². The molecule has 0 amide bonds. The van der Waals surface area contributed by atoms with E-state index in [0.717, 1.165) is 11.1 Å². The molecule has 0 aliphatic heterocycles. The fourth-order valence-electron chi connectivity index (χ4n) is 2.76. The van der Waals surface area contributed by atoms with Crippen LogP contribution in [0.15, 0.2) is 66.7 Å². The highest BCUT2D eigenvalue weighted by molar-refractivity contribution is 6.93. The average molecular weight is 313 g/mol. The van der Waals surface area contributed by atoms with Gasteiger partial charge in [0, 0.05) is 35.5 Å². The first-order valence-electron chi connectivity index (χ1n) is 7.14. The minimum Gasteiger partial charge on any atom is -0.377 e. The molecule has 3 aromatic rings. The van der Waals surface area contributed by atoms with E-state index in [1.165, 1.54) is 12.1 Å². The van der Waals surface area contributed by atoms with Crippen molar-refractivity contribution in [3.05, 3.63) is 66.7 Å². The summed E-state index contributed by atoms with van der Waals surface area (Å²) < 4.78 is 30.4. The average Bonchev–Trinajstić information content (AvgIpc) is 2.54. The first-order valence-corrected chi connectivity index (χ1v) is 8.90. The van der Waals surface area contributed by atoms with Crippen molar-refractivity contribution in [3.8, 4) is 0 Å². The monoisotopic (exact) mass is 313 g/mol. The molecule has 0 bridgehead atoms. The highest BCUT2D eigenvalue weighted by Gasteiger charge is 2.42. The number of halogens is 2. The quantitative estimate of drug-likeness (QED) is 0.529. The van der Waals surface area contributed by atoms with E-state index < -0.39 is 8.74 Å². The molecule has 1 nitrogen and oxygen atoms in total. The minimum absolute atomic E-state index is 0.149. The van der Waals surface area contributed by atoms with Crippen molar-refractivity contribution in [1.82, 2.24) is 0 Å². The number of benzene rings is 3. The number of hydrogen-bond donors (Lipinski definition) is 0. The molecular weight excluding hydrogens is 296 g/mol. The summed E-state index contributed by atoms with van der Waals surface area (Å²) in [6.07, 6.45) is 0. The Morgan fingerprint density at radius 1 is 0.773 bits per heavy atom. The summed E-state index contributed by atoms with van der Waals surface area (Å²) in [5.41, 5.74) is 0.830. The molecule has 0 fully saturated rings. The normalized spacial score (nSPS) is 11.6. The molecule has 0 radical (unpaired) electrons. The zero-order chi connectivity index (χ0) is 15.7. The van der Waals surface area contributed by atoms with E-state index in [1.807, 2.05) is 43.3 Å². The third-order valence-electron chi connectivity index (χ3n) is 3.84. The molecule has 0 saturated heterocycles. The molecule has 0 spiro atoms. The molecule has 0 N–H and O–H groups in total. The van der Waals surface area contributed by atoms with Crippen LogP contribution in [0, 0.1) is 0 Å². The van der Waals surface area contributed by atoms with E-state index in [9.17, 15) is 0 Å². The van der Waals surface area contributed by atoms with Gasteiger partial charge in [-0.1, -0.05) is 60.7 Å². The summed E-state index contributed by atoms with van der Waals surface area (Å²) >= 11 is 0. The van der Waals surface area contributed by atoms with Crippen LogP contribution in [-0.4, -0.2) is 22.8 Å². The van der Waals surface area contributed by atoms with Crippen LogP contribution in [0.1, 0.15) is 0 Å². The van der Waals surface area contributed by atoms with Crippen molar-refractivity contribution in [2.45, 2.75) is 0 Å². The first kappa shape index (κ1) is 14.7. The largest absolute Gasteiger partial charge is 0.488 e. The van der Waals surface area contributed by atoms with Gasteiger partial charge in [-0.25, -0.2) is 0 Å². The van der Waals surface area contributed by atoms with Crippen molar-refractivity contribution in [1.29, 1.82) is 0 Å². The summed E-state index contributed by atoms with van der Waals surface area (Å²) in [6, 6.07) is 19.1. The van der Waals surface area contributed by atoms with E-state index in [-0.39, 0.29) is 10.4 Å². The molecule has 4 heteroatoms. The molecule has 0 aliphatic rings. The second kappa shape index (κ2) is 5.53. The summed E-state index contributed by atoms with van der Waals surface area (Å²) in [4.78, 5) is 1.89. The second-order valence-corrected chi connectivity index (χ2v) is 7.78. The Morgan fingerprint density at radius 3 is 2.05 bits per heavy atom. The van der Waals surface area contributed by atoms with Gasteiger partial charge >= 0.3 is 8.74 Å². The van der Waals surface area contributed by atoms with Crippen LogP contribution in [0.4, 0.5) is 13.9 Å². The van der Waals surface area contributed by atoms with Crippen LogP contribution in [0.5, 0.6) is 0 Å². The van der Waals surface area contributed by atoms with Gasteiger partial charge in [0.25, 0.3) is 0 Å². The molecular formula is C18H17F2NSi. The minimum atomic E-state index is -4.72. The first-order chi connectivity index (χ1) is 10.5. The molecule has 0 heterocycles. The van der Waals surface area contributed by atoms with Crippen molar-refractivity contribution in [2.75, 3.05) is 19.0 Å². The van der Waals surface area contributed by atoms with Crippen LogP contribution in [-0.2, 0) is 0 Å². The number of fused-ring (bicyclic) bond motifs is 1. The summed E-state index contributed by atoms with van der Waals surface area (Å²) in [7, 11) is -0.958. The van der Waals surface area contributed by atoms with Crippen LogP contribution in [0.25, 0.3) is 10.8 Å². The molecule has 3 rings (SSSR count). The zero-order valence-electron chi connectivity index (χ0n) is 12.6. The van der Waals surface area contributed by atoms with Gasteiger partial charge in [0.15, 0.2) is 0 Å². The van der Waals surface area contributed by atoms with Gasteiger partial charge in [0.1, 0.15) is 0 Å². The maximum Gasteiger partial charge on any atom is 0.488 e. The SMILES string of the molecule is CN(C)c1cccc2cccc([Si](F)(F)c3ccccc3)c12. The molecule has 0 saturated carbocycles. The smallest absolute Gasteiger partial charge is 0.377 e. The van der Waals surface area contributed by atoms with Crippen molar-refractivity contribution in [3.63, 3.8) is 0 Å². The molecule has 112 valence electrons. The maximum absolute atomic E-state index is 15.2. The Kier molecular flexibility index (Phi) is 3.70. The lowest BCUT2D eigenvalue weighted by molar-refractivity contribution is 0.655. The fourth-order valence-corrected chi connectivity index (χ4v) is 4.57. The number of hydrogen-bond acceptors (Lipinski definition) is 1. The maximum atomic E-state index is 15.2. The van der Waals surface area contributed by atoms with Gasteiger partial charge in [-0.3, -0.25) is 8.22 Å². The van der Waals surface area contributed by atoms with Gasteiger partial charge in [-0.2, -0.15) is 0 Å². The van der Waals surface area contributed by atoms with Crippen molar-refractivity contribution >= 4 is 35.6 Å². The van der Waals surface area contributed by atoms with E-state index in [2.05, 4.69) is 0 Å². The predicted molar refractivity (Wildman–Crippen MR) is 92.0 cm³/mol. The summed E-state index contributed by atoms with van der Waals surface area (Å²) in [6.45, 7) is 0. The van der Waals surface area contributed by atoms with Crippen LogP contribution >= 0.6 is 0 Å². The van der Waals surface area contributed by atoms with Gasteiger partial charge < -0.3 is 4.90 Å². The Bertz CT molecular complexity index is 795. The third kappa shape index (κ3) is 2.39. The Labute approximate surface area is 130 Å². The van der Waals surface area contributed by atoms with E-state index in [1.54, 1.807) is 30.3 Å². The van der Waals surface area contributed by atoms with Gasteiger partial charge in [-0.15, -0.1) is 0 Å². The van der Waals surface area contributed by atoms with E-state index in [4.69, 9.17) is 0 Å². The predicted octanol–water partition coefficient (Wildman–Crippen LogP) is 3.40. The fraction of sp³-hybridized carbons (Fsp3) is 0.111. The second-order valence-electron chi connectivity index (χ2n) is 5.52. The third-order valence-corrected chi connectivity index (χ3v) is 5.99. The Morgan fingerprint density at radius 2 is 1.41 bits per heavy atom. The summed E-state index contributed by atoms with van der Waals surface area (Å²) in [5.74, 6) is 0. The summed E-state index contributed by atoms with van der Waals surface area (Å²) in [5, 5.41) is 1.85. The van der Waals surface area contributed by atoms with Gasteiger partial charge in [-0.05, 0) is 11.5 Å². The number of rotatable bonds is 3. The molecule has 22 heavy (non-hydrogen) atoms. The Hall–Kier alpha value is -2.20. The number of nitrogens with zero attached hydrogens (tertiary/aromatic N) is 1. The lowest BCUT2D eigenvalue weighted by atomic mass is 10.1. The lowest BCUT2D eigenvalue weighted by Crippen LogP contribution is -2.51. The van der Waals surface area contributed by atoms with Crippen LogP contribution < -0.4 is 15.3 Å². The standard InChI is InChI=1S/C18H17F2NSi/c1-21(2)16-12-6-8-14-9-7-13-17(18(14)16)22(19,20)15-10-4-3-5-11-15/h3-13H,1-2H3. The van der Waals surface area contributed by atoms with Crippen molar-refractivity contribution < 1.29 is 8.22 Å². The van der Waals surface area contributed by atoms with Crippen molar-refractivity contribution in [2.24, 2.45) is 0 Å². The zero-order valence-corrected chi connectivity index (χ0v) is 13.6. The topological polar surface area (TPSA) is 3.24 Å². The lowest BCUT2D eigenvalue weighted by Gasteiger charge is -2.21. The molecule has 0 aromatic heterocycles. The molecule has 3 aromatic carbocycles.